The summed E-state index contributed by atoms with van der Waals surface area (Å²) in [5.74, 6) is -0.406. The number of hydrogen-bond acceptors (Lipinski definition) is 4. The van der Waals surface area contributed by atoms with Crippen molar-refractivity contribution in [1.29, 1.82) is 0 Å². The second-order valence-electron chi connectivity index (χ2n) is 3.81. The van der Waals surface area contributed by atoms with Crippen LogP contribution in [-0.4, -0.2) is 13.1 Å². The standard InChI is InChI=1S/C14H12ClNO2S/c1-18-14(17)12-8-10(16)5-6-13(12)19-11-4-2-3-9(15)7-11/h2-8H,16H2,1H3. The van der Waals surface area contributed by atoms with Crippen molar-refractivity contribution in [2.24, 2.45) is 0 Å². The van der Waals surface area contributed by atoms with Gasteiger partial charge in [0, 0.05) is 20.5 Å². The number of benzene rings is 2. The molecular formula is C14H12ClNO2S. The minimum absolute atomic E-state index is 0.406. The number of nitrogen functional groups attached to an aromatic ring is 1. The average molecular weight is 294 g/mol. The van der Waals surface area contributed by atoms with Crippen LogP contribution in [0.15, 0.2) is 52.3 Å². The highest BCUT2D eigenvalue weighted by Crippen LogP contribution is 2.33. The number of rotatable bonds is 3. The Morgan fingerprint density at radius 1 is 1.26 bits per heavy atom. The van der Waals surface area contributed by atoms with E-state index in [0.29, 0.717) is 16.3 Å². The van der Waals surface area contributed by atoms with Gasteiger partial charge >= 0.3 is 5.97 Å². The van der Waals surface area contributed by atoms with E-state index >= 15 is 0 Å². The molecule has 0 aliphatic heterocycles. The molecule has 2 rings (SSSR count). The molecule has 2 aromatic carbocycles. The topological polar surface area (TPSA) is 52.3 Å². The van der Waals surface area contributed by atoms with Gasteiger partial charge in [0.05, 0.1) is 12.7 Å². The number of carbonyl (C=O) groups excluding carboxylic acids is 1. The molecule has 19 heavy (non-hydrogen) atoms. The smallest absolute Gasteiger partial charge is 0.339 e. The van der Waals surface area contributed by atoms with E-state index in [2.05, 4.69) is 0 Å². The molecule has 2 aromatic rings. The van der Waals surface area contributed by atoms with Gasteiger partial charge in [-0.05, 0) is 36.4 Å². The number of nitrogens with two attached hydrogens (primary N) is 1. The maximum atomic E-state index is 11.7. The minimum atomic E-state index is -0.406. The number of ether oxygens (including phenoxy) is 1. The first-order valence-corrected chi connectivity index (χ1v) is 6.71. The van der Waals surface area contributed by atoms with Gasteiger partial charge in [-0.1, -0.05) is 29.4 Å². The van der Waals surface area contributed by atoms with Crippen LogP contribution in [-0.2, 0) is 4.74 Å². The molecule has 0 aliphatic carbocycles. The van der Waals surface area contributed by atoms with Crippen LogP contribution in [0.4, 0.5) is 5.69 Å². The van der Waals surface area contributed by atoms with Gasteiger partial charge in [-0.3, -0.25) is 0 Å². The number of halogens is 1. The van der Waals surface area contributed by atoms with Crippen LogP contribution in [0.5, 0.6) is 0 Å². The number of carbonyl (C=O) groups is 1. The summed E-state index contributed by atoms with van der Waals surface area (Å²) in [5, 5.41) is 0.653. The predicted molar refractivity (Wildman–Crippen MR) is 77.8 cm³/mol. The lowest BCUT2D eigenvalue weighted by atomic mass is 10.2. The summed E-state index contributed by atoms with van der Waals surface area (Å²) >= 11 is 7.38. The summed E-state index contributed by atoms with van der Waals surface area (Å²) in [6.45, 7) is 0. The first kappa shape index (κ1) is 13.8. The summed E-state index contributed by atoms with van der Waals surface area (Å²) in [6.07, 6.45) is 0. The van der Waals surface area contributed by atoms with Gasteiger partial charge in [-0.2, -0.15) is 0 Å². The van der Waals surface area contributed by atoms with E-state index in [0.717, 1.165) is 9.79 Å². The summed E-state index contributed by atoms with van der Waals surface area (Å²) in [4.78, 5) is 13.5. The van der Waals surface area contributed by atoms with Crippen molar-refractivity contribution in [2.75, 3.05) is 12.8 Å². The predicted octanol–water partition coefficient (Wildman–Crippen LogP) is 3.86. The summed E-state index contributed by atoms with van der Waals surface area (Å²) in [6, 6.07) is 12.6. The first-order valence-electron chi connectivity index (χ1n) is 5.51. The van der Waals surface area contributed by atoms with E-state index in [-0.39, 0.29) is 0 Å². The Bertz CT molecular complexity index is 616. The molecule has 3 nitrogen and oxygen atoms in total. The van der Waals surface area contributed by atoms with Crippen LogP contribution in [0, 0.1) is 0 Å². The Labute approximate surface area is 120 Å². The molecule has 0 radical (unpaired) electrons. The molecule has 0 aliphatic rings. The molecule has 0 amide bonds. The highest BCUT2D eigenvalue weighted by Gasteiger charge is 2.13. The van der Waals surface area contributed by atoms with Gasteiger partial charge < -0.3 is 10.5 Å². The molecule has 0 aromatic heterocycles. The zero-order valence-electron chi connectivity index (χ0n) is 10.2. The van der Waals surface area contributed by atoms with Crippen molar-refractivity contribution in [3.63, 3.8) is 0 Å². The molecule has 0 atom stereocenters. The SMILES string of the molecule is COC(=O)c1cc(N)ccc1Sc1cccc(Cl)c1. The Morgan fingerprint density at radius 2 is 2.05 bits per heavy atom. The second-order valence-corrected chi connectivity index (χ2v) is 5.36. The second kappa shape index (κ2) is 5.99. The quantitative estimate of drug-likeness (QED) is 0.689. The van der Waals surface area contributed by atoms with Crippen LogP contribution in [0.3, 0.4) is 0 Å². The fourth-order valence-electron chi connectivity index (χ4n) is 1.56. The normalized spacial score (nSPS) is 10.2. The van der Waals surface area contributed by atoms with Gasteiger partial charge in [0.1, 0.15) is 0 Å². The van der Waals surface area contributed by atoms with Crippen LogP contribution >= 0.6 is 23.4 Å². The molecule has 0 spiro atoms. The zero-order valence-corrected chi connectivity index (χ0v) is 11.8. The third-order valence-corrected chi connectivity index (χ3v) is 3.73. The van der Waals surface area contributed by atoms with Crippen molar-refractivity contribution in [2.45, 2.75) is 9.79 Å². The van der Waals surface area contributed by atoms with Crippen molar-refractivity contribution in [3.8, 4) is 0 Å². The van der Waals surface area contributed by atoms with Crippen molar-refractivity contribution in [3.05, 3.63) is 53.1 Å². The molecule has 0 unspecified atom stereocenters. The lowest BCUT2D eigenvalue weighted by molar-refractivity contribution is 0.0597. The van der Waals surface area contributed by atoms with E-state index in [9.17, 15) is 4.79 Å². The molecule has 0 saturated carbocycles. The molecule has 5 heteroatoms. The number of esters is 1. The molecule has 2 N–H and O–H groups in total. The van der Waals surface area contributed by atoms with E-state index in [1.165, 1.54) is 18.9 Å². The lowest BCUT2D eigenvalue weighted by Crippen LogP contribution is -2.04. The third kappa shape index (κ3) is 3.43. The molecule has 0 heterocycles. The molecular weight excluding hydrogens is 282 g/mol. The fraction of sp³-hybridized carbons (Fsp3) is 0.0714. The highest BCUT2D eigenvalue weighted by atomic mass is 35.5. The fourth-order valence-corrected chi connectivity index (χ4v) is 2.79. The summed E-state index contributed by atoms with van der Waals surface area (Å²) in [5.41, 5.74) is 6.67. The van der Waals surface area contributed by atoms with Gasteiger partial charge in [0.25, 0.3) is 0 Å². The van der Waals surface area contributed by atoms with Crippen LogP contribution < -0.4 is 5.73 Å². The van der Waals surface area contributed by atoms with Crippen molar-refractivity contribution >= 4 is 35.0 Å². The third-order valence-electron chi connectivity index (χ3n) is 2.43. The average Bonchev–Trinajstić information content (AvgIpc) is 2.40. The molecule has 0 bridgehead atoms. The molecule has 98 valence electrons. The summed E-state index contributed by atoms with van der Waals surface area (Å²) in [7, 11) is 1.35. The van der Waals surface area contributed by atoms with Gasteiger partial charge in [0.15, 0.2) is 0 Å². The van der Waals surface area contributed by atoms with Crippen LogP contribution in [0.2, 0.25) is 5.02 Å². The van der Waals surface area contributed by atoms with Crippen molar-refractivity contribution < 1.29 is 9.53 Å². The maximum absolute atomic E-state index is 11.7. The monoisotopic (exact) mass is 293 g/mol. The highest BCUT2D eigenvalue weighted by molar-refractivity contribution is 7.99. The van der Waals surface area contributed by atoms with Crippen LogP contribution in [0.1, 0.15) is 10.4 Å². The Kier molecular flexibility index (Phi) is 4.35. The first-order chi connectivity index (χ1) is 9.10. The summed E-state index contributed by atoms with van der Waals surface area (Å²) < 4.78 is 4.76. The van der Waals surface area contributed by atoms with Gasteiger partial charge in [0.2, 0.25) is 0 Å². The van der Waals surface area contributed by atoms with E-state index in [1.807, 2.05) is 18.2 Å². The zero-order chi connectivity index (χ0) is 13.8. The van der Waals surface area contributed by atoms with Gasteiger partial charge in [-0.15, -0.1) is 0 Å². The molecule has 0 saturated heterocycles. The number of methoxy groups -OCH3 is 1. The molecule has 0 fully saturated rings. The Morgan fingerprint density at radius 3 is 2.74 bits per heavy atom. The van der Waals surface area contributed by atoms with E-state index in [4.69, 9.17) is 22.1 Å². The number of hydrogen-bond donors (Lipinski definition) is 1. The lowest BCUT2D eigenvalue weighted by Gasteiger charge is -2.08. The Hall–Kier alpha value is -1.65. The maximum Gasteiger partial charge on any atom is 0.339 e. The van der Waals surface area contributed by atoms with Crippen molar-refractivity contribution in [1.82, 2.24) is 0 Å². The van der Waals surface area contributed by atoms with E-state index in [1.54, 1.807) is 24.3 Å². The van der Waals surface area contributed by atoms with E-state index < -0.39 is 5.97 Å². The van der Waals surface area contributed by atoms with Gasteiger partial charge in [-0.25, -0.2) is 4.79 Å². The largest absolute Gasteiger partial charge is 0.465 e. The number of anilines is 1. The minimum Gasteiger partial charge on any atom is -0.465 e. The van der Waals surface area contributed by atoms with Crippen LogP contribution in [0.25, 0.3) is 0 Å². The Balaban J connectivity index is 2.37.